The first-order valence-electron chi connectivity index (χ1n) is 7.71. The number of ether oxygens (including phenoxy) is 1. The summed E-state index contributed by atoms with van der Waals surface area (Å²) in [5, 5.41) is 0. The first-order chi connectivity index (χ1) is 9.28. The Balaban J connectivity index is 2.29. The molecule has 0 saturated carbocycles. The van der Waals surface area contributed by atoms with E-state index in [1.807, 2.05) is 25.7 Å². The Morgan fingerprint density at radius 3 is 2.35 bits per heavy atom. The molecule has 0 aromatic rings. The fourth-order valence-corrected chi connectivity index (χ4v) is 2.14. The number of carbonyl (C=O) groups excluding carboxylic acids is 1. The van der Waals surface area contributed by atoms with Gasteiger partial charge in [0.25, 0.3) is 0 Å². The lowest BCUT2D eigenvalue weighted by atomic mass is 9.94. The molecule has 1 saturated heterocycles. The highest BCUT2D eigenvalue weighted by Crippen LogP contribution is 2.21. The van der Waals surface area contributed by atoms with Crippen molar-refractivity contribution in [2.75, 3.05) is 13.1 Å². The van der Waals surface area contributed by atoms with Crippen molar-refractivity contribution >= 4 is 6.09 Å². The highest BCUT2D eigenvalue weighted by Gasteiger charge is 2.26. The standard InChI is InChI=1S/C17H29NO2/c1-14(2)8-6-7-9-15-10-12-18(13-11-15)16(19)20-17(3,4)5/h14-15H,8-13H2,1-5H3. The van der Waals surface area contributed by atoms with Crippen molar-refractivity contribution in [3.05, 3.63) is 0 Å². The van der Waals surface area contributed by atoms with E-state index in [2.05, 4.69) is 25.7 Å². The maximum Gasteiger partial charge on any atom is 0.410 e. The Morgan fingerprint density at radius 1 is 1.25 bits per heavy atom. The van der Waals surface area contributed by atoms with Gasteiger partial charge >= 0.3 is 6.09 Å². The zero-order valence-corrected chi connectivity index (χ0v) is 13.7. The van der Waals surface area contributed by atoms with Crippen LogP contribution < -0.4 is 0 Å². The molecule has 20 heavy (non-hydrogen) atoms. The molecule has 1 rings (SSSR count). The Hall–Kier alpha value is -1.17. The fraction of sp³-hybridized carbons (Fsp3) is 0.824. The van der Waals surface area contributed by atoms with E-state index in [0.717, 1.165) is 38.8 Å². The van der Waals surface area contributed by atoms with Crippen LogP contribution in [-0.2, 0) is 4.74 Å². The summed E-state index contributed by atoms with van der Waals surface area (Å²) >= 11 is 0. The van der Waals surface area contributed by atoms with E-state index < -0.39 is 5.60 Å². The van der Waals surface area contributed by atoms with Gasteiger partial charge in [-0.1, -0.05) is 13.8 Å². The smallest absolute Gasteiger partial charge is 0.410 e. The van der Waals surface area contributed by atoms with Gasteiger partial charge in [0.1, 0.15) is 5.60 Å². The minimum absolute atomic E-state index is 0.179. The largest absolute Gasteiger partial charge is 0.444 e. The van der Waals surface area contributed by atoms with Crippen molar-refractivity contribution in [1.82, 2.24) is 4.90 Å². The molecule has 1 amide bonds. The van der Waals surface area contributed by atoms with Gasteiger partial charge in [0.15, 0.2) is 0 Å². The lowest BCUT2D eigenvalue weighted by Crippen LogP contribution is -2.41. The minimum Gasteiger partial charge on any atom is -0.444 e. The molecule has 0 N–H and O–H groups in total. The maximum absolute atomic E-state index is 11.9. The maximum atomic E-state index is 11.9. The molecule has 0 spiro atoms. The topological polar surface area (TPSA) is 29.5 Å². The first kappa shape index (κ1) is 16.9. The van der Waals surface area contributed by atoms with E-state index in [0.29, 0.717) is 11.8 Å². The quantitative estimate of drug-likeness (QED) is 0.713. The van der Waals surface area contributed by atoms with E-state index >= 15 is 0 Å². The van der Waals surface area contributed by atoms with Crippen molar-refractivity contribution in [3.63, 3.8) is 0 Å². The molecule has 0 radical (unpaired) electrons. The average molecular weight is 279 g/mol. The predicted molar refractivity (Wildman–Crippen MR) is 82.4 cm³/mol. The third kappa shape index (κ3) is 6.84. The van der Waals surface area contributed by atoms with Gasteiger partial charge < -0.3 is 9.64 Å². The second kappa shape index (κ2) is 7.57. The summed E-state index contributed by atoms with van der Waals surface area (Å²) < 4.78 is 5.40. The molecule has 1 aliphatic heterocycles. The van der Waals surface area contributed by atoms with E-state index in [4.69, 9.17) is 4.74 Å². The lowest BCUT2D eigenvalue weighted by molar-refractivity contribution is 0.0185. The molecule has 0 unspecified atom stereocenters. The van der Waals surface area contributed by atoms with Crippen molar-refractivity contribution < 1.29 is 9.53 Å². The minimum atomic E-state index is -0.406. The number of amides is 1. The Bertz CT molecular complexity index is 363. The van der Waals surface area contributed by atoms with Crippen LogP contribution in [0.2, 0.25) is 0 Å². The normalized spacial score (nSPS) is 16.8. The van der Waals surface area contributed by atoms with Crippen LogP contribution in [0, 0.1) is 23.7 Å². The van der Waals surface area contributed by atoms with Crippen molar-refractivity contribution in [2.45, 2.75) is 65.9 Å². The monoisotopic (exact) mass is 279 g/mol. The van der Waals surface area contributed by atoms with Crippen LogP contribution in [0.3, 0.4) is 0 Å². The number of carbonyl (C=O) groups is 1. The lowest BCUT2D eigenvalue weighted by Gasteiger charge is -2.32. The van der Waals surface area contributed by atoms with E-state index in [-0.39, 0.29) is 6.09 Å². The summed E-state index contributed by atoms with van der Waals surface area (Å²) in [6, 6.07) is 0. The van der Waals surface area contributed by atoms with E-state index in [9.17, 15) is 4.79 Å². The molecular weight excluding hydrogens is 250 g/mol. The summed E-state index contributed by atoms with van der Waals surface area (Å²) in [6.45, 7) is 11.7. The highest BCUT2D eigenvalue weighted by molar-refractivity contribution is 5.68. The van der Waals surface area contributed by atoms with Gasteiger partial charge in [-0.25, -0.2) is 4.79 Å². The van der Waals surface area contributed by atoms with Gasteiger partial charge in [-0.15, -0.1) is 11.8 Å². The number of hydrogen-bond acceptors (Lipinski definition) is 2. The van der Waals surface area contributed by atoms with Crippen molar-refractivity contribution in [1.29, 1.82) is 0 Å². The molecule has 3 heteroatoms. The number of hydrogen-bond donors (Lipinski definition) is 0. The highest BCUT2D eigenvalue weighted by atomic mass is 16.6. The van der Waals surface area contributed by atoms with Gasteiger partial charge in [0, 0.05) is 25.9 Å². The summed E-state index contributed by atoms with van der Waals surface area (Å²) in [4.78, 5) is 13.8. The summed E-state index contributed by atoms with van der Waals surface area (Å²) in [5.41, 5.74) is -0.406. The number of piperidine rings is 1. The van der Waals surface area contributed by atoms with Gasteiger partial charge in [-0.3, -0.25) is 0 Å². The first-order valence-corrected chi connectivity index (χ1v) is 7.71. The second-order valence-corrected chi connectivity index (χ2v) is 7.07. The molecule has 0 aliphatic carbocycles. The molecule has 3 nitrogen and oxygen atoms in total. The molecular formula is C17H29NO2. The summed E-state index contributed by atoms with van der Waals surface area (Å²) in [5.74, 6) is 7.81. The Labute approximate surface area is 124 Å². The number of nitrogens with zero attached hydrogens (tertiary/aromatic N) is 1. The molecule has 114 valence electrons. The molecule has 0 aromatic carbocycles. The Kier molecular flexibility index (Phi) is 6.39. The fourth-order valence-electron chi connectivity index (χ4n) is 2.14. The van der Waals surface area contributed by atoms with Crippen molar-refractivity contribution in [2.24, 2.45) is 11.8 Å². The van der Waals surface area contributed by atoms with Crippen LogP contribution >= 0.6 is 0 Å². The summed E-state index contributed by atoms with van der Waals surface area (Å²) in [6.07, 6.45) is 3.85. The third-order valence-corrected chi connectivity index (χ3v) is 3.29. The molecule has 0 bridgehead atoms. The van der Waals surface area contributed by atoms with Crippen LogP contribution in [0.25, 0.3) is 0 Å². The Morgan fingerprint density at radius 2 is 1.85 bits per heavy atom. The molecule has 1 aliphatic rings. The van der Waals surface area contributed by atoms with Gasteiger partial charge in [-0.05, 0) is 45.4 Å². The molecule has 0 aromatic heterocycles. The molecule has 1 fully saturated rings. The van der Waals surface area contributed by atoms with E-state index in [1.54, 1.807) is 0 Å². The van der Waals surface area contributed by atoms with Crippen LogP contribution in [0.5, 0.6) is 0 Å². The molecule has 0 atom stereocenters. The third-order valence-electron chi connectivity index (χ3n) is 3.29. The average Bonchev–Trinajstić information content (AvgIpc) is 2.33. The van der Waals surface area contributed by atoms with Crippen LogP contribution in [-0.4, -0.2) is 29.7 Å². The van der Waals surface area contributed by atoms with Crippen LogP contribution in [0.1, 0.15) is 60.3 Å². The van der Waals surface area contributed by atoms with Gasteiger partial charge in [0.05, 0.1) is 0 Å². The van der Waals surface area contributed by atoms with Crippen molar-refractivity contribution in [3.8, 4) is 11.8 Å². The second-order valence-electron chi connectivity index (χ2n) is 7.07. The molecule has 1 heterocycles. The van der Waals surface area contributed by atoms with Gasteiger partial charge in [-0.2, -0.15) is 0 Å². The number of likely N-dealkylation sites (tertiary alicyclic amines) is 1. The van der Waals surface area contributed by atoms with Crippen LogP contribution in [0.4, 0.5) is 4.79 Å². The van der Waals surface area contributed by atoms with Crippen LogP contribution in [0.15, 0.2) is 0 Å². The zero-order valence-electron chi connectivity index (χ0n) is 13.7. The predicted octanol–water partition coefficient (Wildman–Crippen LogP) is 4.07. The summed E-state index contributed by atoms with van der Waals surface area (Å²) in [7, 11) is 0. The SMILES string of the molecule is CC(C)CC#CCC1CCN(C(=O)OC(C)(C)C)CC1. The zero-order chi connectivity index (χ0) is 15.2. The number of rotatable bonds is 2. The van der Waals surface area contributed by atoms with Gasteiger partial charge in [0.2, 0.25) is 0 Å². The van der Waals surface area contributed by atoms with E-state index in [1.165, 1.54) is 0 Å².